The molecule has 0 amide bonds. The highest BCUT2D eigenvalue weighted by Crippen LogP contribution is 2.21. The van der Waals surface area contributed by atoms with Crippen LogP contribution in [0.4, 0.5) is 15.9 Å². The Morgan fingerprint density at radius 3 is 2.94 bits per heavy atom. The summed E-state index contributed by atoms with van der Waals surface area (Å²) < 4.78 is 13.4. The zero-order valence-corrected chi connectivity index (χ0v) is 10.5. The molecule has 0 saturated carbocycles. The van der Waals surface area contributed by atoms with E-state index in [1.54, 1.807) is 19.1 Å². The van der Waals surface area contributed by atoms with Crippen molar-refractivity contribution in [1.82, 2.24) is 9.97 Å². The summed E-state index contributed by atoms with van der Waals surface area (Å²) in [7, 11) is 0. The lowest BCUT2D eigenvalue weighted by Crippen LogP contribution is -2.10. The van der Waals surface area contributed by atoms with E-state index < -0.39 is 0 Å². The van der Waals surface area contributed by atoms with Crippen LogP contribution in [0.3, 0.4) is 0 Å². The summed E-state index contributed by atoms with van der Waals surface area (Å²) in [4.78, 5) is 17.7. The lowest BCUT2D eigenvalue weighted by molar-refractivity contribution is 0.619. The maximum atomic E-state index is 13.1. The first-order chi connectivity index (χ1) is 8.08. The van der Waals surface area contributed by atoms with Crippen LogP contribution >= 0.6 is 15.9 Å². The number of nitrogens with one attached hydrogen (secondary N) is 2. The van der Waals surface area contributed by atoms with Crippen molar-refractivity contribution in [3.05, 3.63) is 50.7 Å². The van der Waals surface area contributed by atoms with E-state index in [1.807, 2.05) is 0 Å². The second-order valence-electron chi connectivity index (χ2n) is 3.48. The van der Waals surface area contributed by atoms with Gasteiger partial charge >= 0.3 is 0 Å². The number of anilines is 2. The fourth-order valence-corrected chi connectivity index (χ4v) is 1.65. The molecule has 4 nitrogen and oxygen atoms in total. The molecule has 0 radical (unpaired) electrons. The fraction of sp³-hybridized carbons (Fsp3) is 0.0909. The van der Waals surface area contributed by atoms with Gasteiger partial charge in [0, 0.05) is 5.69 Å². The molecule has 0 unspecified atom stereocenters. The van der Waals surface area contributed by atoms with Gasteiger partial charge in [0.15, 0.2) is 5.82 Å². The van der Waals surface area contributed by atoms with Gasteiger partial charge in [0.25, 0.3) is 5.56 Å². The normalized spacial score (nSPS) is 10.3. The fourth-order valence-electron chi connectivity index (χ4n) is 1.33. The molecular weight excluding hydrogens is 289 g/mol. The molecule has 1 aromatic heterocycles. The molecule has 0 saturated heterocycles. The number of H-pyrrole nitrogens is 1. The van der Waals surface area contributed by atoms with Gasteiger partial charge in [-0.05, 0) is 46.6 Å². The third-order valence-electron chi connectivity index (χ3n) is 2.22. The second kappa shape index (κ2) is 4.67. The molecule has 6 heteroatoms. The SMILES string of the molecule is Cc1cc(Nc2nc[nH]c(=O)c2Br)ccc1F. The predicted octanol–water partition coefficient (Wildman–Crippen LogP) is 2.72. The Hall–Kier alpha value is -1.69. The van der Waals surface area contributed by atoms with E-state index in [2.05, 4.69) is 31.2 Å². The number of benzene rings is 1. The van der Waals surface area contributed by atoms with Crippen LogP contribution in [0.1, 0.15) is 5.56 Å². The maximum Gasteiger partial charge on any atom is 0.267 e. The monoisotopic (exact) mass is 297 g/mol. The van der Waals surface area contributed by atoms with Gasteiger partial charge < -0.3 is 10.3 Å². The van der Waals surface area contributed by atoms with Gasteiger partial charge in [0.1, 0.15) is 10.3 Å². The average molecular weight is 298 g/mol. The number of rotatable bonds is 2. The van der Waals surface area contributed by atoms with Crippen molar-refractivity contribution in [3.8, 4) is 0 Å². The lowest BCUT2D eigenvalue weighted by Gasteiger charge is -2.07. The Kier molecular flexibility index (Phi) is 3.23. The van der Waals surface area contributed by atoms with Crippen LogP contribution in [-0.4, -0.2) is 9.97 Å². The van der Waals surface area contributed by atoms with Crippen LogP contribution < -0.4 is 10.9 Å². The van der Waals surface area contributed by atoms with E-state index in [-0.39, 0.29) is 11.4 Å². The van der Waals surface area contributed by atoms with Crippen LogP contribution in [-0.2, 0) is 0 Å². The van der Waals surface area contributed by atoms with Gasteiger partial charge in [0.2, 0.25) is 0 Å². The van der Waals surface area contributed by atoms with Crippen LogP contribution in [0.25, 0.3) is 0 Å². The largest absolute Gasteiger partial charge is 0.339 e. The number of aromatic amines is 1. The summed E-state index contributed by atoms with van der Waals surface area (Å²) in [5.41, 5.74) is 0.917. The van der Waals surface area contributed by atoms with Crippen LogP contribution in [0.15, 0.2) is 33.8 Å². The van der Waals surface area contributed by atoms with Crippen molar-refractivity contribution < 1.29 is 4.39 Å². The molecule has 17 heavy (non-hydrogen) atoms. The quantitative estimate of drug-likeness (QED) is 0.896. The zero-order chi connectivity index (χ0) is 12.4. The first-order valence-electron chi connectivity index (χ1n) is 4.84. The van der Waals surface area contributed by atoms with Crippen molar-refractivity contribution in [1.29, 1.82) is 0 Å². The number of aryl methyl sites for hydroxylation is 1. The van der Waals surface area contributed by atoms with E-state index in [1.165, 1.54) is 12.4 Å². The topological polar surface area (TPSA) is 57.8 Å². The number of hydrogen-bond acceptors (Lipinski definition) is 3. The third kappa shape index (κ3) is 2.52. The van der Waals surface area contributed by atoms with Crippen molar-refractivity contribution in [3.63, 3.8) is 0 Å². The zero-order valence-electron chi connectivity index (χ0n) is 8.92. The molecule has 0 aliphatic carbocycles. The van der Waals surface area contributed by atoms with Crippen LogP contribution in [0, 0.1) is 12.7 Å². The van der Waals surface area contributed by atoms with Crippen LogP contribution in [0.2, 0.25) is 0 Å². The first kappa shape index (κ1) is 11.8. The van der Waals surface area contributed by atoms with E-state index in [9.17, 15) is 9.18 Å². The minimum Gasteiger partial charge on any atom is -0.339 e. The van der Waals surface area contributed by atoms with Crippen LogP contribution in [0.5, 0.6) is 0 Å². The van der Waals surface area contributed by atoms with Gasteiger partial charge in [0.05, 0.1) is 6.33 Å². The summed E-state index contributed by atoms with van der Waals surface area (Å²) in [6, 6.07) is 4.58. The number of hydrogen-bond donors (Lipinski definition) is 2. The standard InChI is InChI=1S/C11H9BrFN3O/c1-6-4-7(2-3-8(6)13)16-10-9(12)11(17)15-5-14-10/h2-5H,1H3,(H2,14,15,16,17). The molecule has 0 aliphatic heterocycles. The van der Waals surface area contributed by atoms with Gasteiger partial charge in [-0.1, -0.05) is 0 Å². The van der Waals surface area contributed by atoms with Crippen molar-refractivity contribution in [2.24, 2.45) is 0 Å². The van der Waals surface area contributed by atoms with E-state index >= 15 is 0 Å². The third-order valence-corrected chi connectivity index (χ3v) is 2.95. The Morgan fingerprint density at radius 2 is 2.24 bits per heavy atom. The van der Waals surface area contributed by atoms with Crippen molar-refractivity contribution >= 4 is 27.4 Å². The van der Waals surface area contributed by atoms with Gasteiger partial charge in [-0.2, -0.15) is 0 Å². The number of halogens is 2. The predicted molar refractivity (Wildman–Crippen MR) is 67.0 cm³/mol. The molecule has 0 atom stereocenters. The van der Waals surface area contributed by atoms with E-state index in [4.69, 9.17) is 0 Å². The molecule has 2 rings (SSSR count). The molecule has 0 aliphatic rings. The van der Waals surface area contributed by atoms with Gasteiger partial charge in [-0.3, -0.25) is 4.79 Å². The molecule has 0 bridgehead atoms. The Labute approximate surface area is 105 Å². The van der Waals surface area contributed by atoms with Crippen molar-refractivity contribution in [2.75, 3.05) is 5.32 Å². The first-order valence-corrected chi connectivity index (χ1v) is 5.63. The minimum atomic E-state index is -0.277. The lowest BCUT2D eigenvalue weighted by atomic mass is 10.2. The van der Waals surface area contributed by atoms with E-state index in [0.717, 1.165) is 0 Å². The van der Waals surface area contributed by atoms with Gasteiger partial charge in [-0.15, -0.1) is 0 Å². The summed E-state index contributed by atoms with van der Waals surface area (Å²) in [5, 5.41) is 2.94. The molecule has 1 heterocycles. The average Bonchev–Trinajstić information content (AvgIpc) is 2.30. The summed E-state index contributed by atoms with van der Waals surface area (Å²) >= 11 is 3.13. The maximum absolute atomic E-state index is 13.1. The Balaban J connectivity index is 2.35. The van der Waals surface area contributed by atoms with Crippen molar-refractivity contribution in [2.45, 2.75) is 6.92 Å². The molecule has 0 spiro atoms. The molecule has 2 aromatic rings. The minimum absolute atomic E-state index is 0.270. The molecular formula is C11H9BrFN3O. The van der Waals surface area contributed by atoms with E-state index in [0.29, 0.717) is 21.5 Å². The smallest absolute Gasteiger partial charge is 0.267 e. The Morgan fingerprint density at radius 1 is 1.47 bits per heavy atom. The Bertz CT molecular complexity index is 612. The second-order valence-corrected chi connectivity index (χ2v) is 4.28. The molecule has 1 aromatic carbocycles. The summed E-state index contributed by atoms with van der Waals surface area (Å²) in [5.74, 6) is 0.119. The number of nitrogens with zero attached hydrogens (tertiary/aromatic N) is 1. The highest BCUT2D eigenvalue weighted by Gasteiger charge is 2.06. The summed E-state index contributed by atoms with van der Waals surface area (Å²) in [6.07, 6.45) is 1.30. The molecule has 0 fully saturated rings. The van der Waals surface area contributed by atoms with Gasteiger partial charge in [-0.25, -0.2) is 9.37 Å². The number of aromatic nitrogens is 2. The molecule has 88 valence electrons. The summed E-state index contributed by atoms with van der Waals surface area (Å²) in [6.45, 7) is 1.67. The molecule has 2 N–H and O–H groups in total. The highest BCUT2D eigenvalue weighted by atomic mass is 79.9. The highest BCUT2D eigenvalue weighted by molar-refractivity contribution is 9.10.